The Balaban J connectivity index is 2.00. The highest BCUT2D eigenvalue weighted by molar-refractivity contribution is 5.67. The van der Waals surface area contributed by atoms with Gasteiger partial charge in [0.25, 0.3) is 0 Å². The van der Waals surface area contributed by atoms with E-state index in [4.69, 9.17) is 9.47 Å². The molecule has 1 unspecified atom stereocenters. The van der Waals surface area contributed by atoms with Gasteiger partial charge in [0, 0.05) is 19.7 Å². The van der Waals surface area contributed by atoms with Crippen LogP contribution in [0.2, 0.25) is 0 Å². The van der Waals surface area contributed by atoms with Gasteiger partial charge in [-0.2, -0.15) is 0 Å². The largest absolute Gasteiger partial charge is 0.447 e. The fourth-order valence-electron chi connectivity index (χ4n) is 1.57. The van der Waals surface area contributed by atoms with Crippen LogP contribution in [-0.2, 0) is 9.47 Å². The summed E-state index contributed by atoms with van der Waals surface area (Å²) >= 11 is 0. The number of alkyl carbamates (subject to hydrolysis) is 1. The van der Waals surface area contributed by atoms with Crippen LogP contribution in [0.5, 0.6) is 0 Å². The fourth-order valence-corrected chi connectivity index (χ4v) is 1.57. The second-order valence-electron chi connectivity index (χ2n) is 3.66. The number of rotatable bonds is 5. The van der Waals surface area contributed by atoms with Crippen molar-refractivity contribution in [3.63, 3.8) is 0 Å². The van der Waals surface area contributed by atoms with E-state index in [0.717, 1.165) is 13.0 Å². The zero-order chi connectivity index (χ0) is 10.9. The van der Waals surface area contributed by atoms with E-state index in [1.54, 1.807) is 7.11 Å². The molecule has 0 radical (unpaired) electrons. The van der Waals surface area contributed by atoms with Crippen LogP contribution >= 0.6 is 0 Å². The minimum atomic E-state index is -0.362. The number of nitrogens with one attached hydrogen (secondary N) is 2. The molecule has 0 aromatic rings. The van der Waals surface area contributed by atoms with Gasteiger partial charge in [-0.3, -0.25) is 0 Å². The summed E-state index contributed by atoms with van der Waals surface area (Å²) in [6.45, 7) is 2.44. The van der Waals surface area contributed by atoms with E-state index in [1.807, 2.05) is 0 Å². The molecule has 2 N–H and O–H groups in total. The van der Waals surface area contributed by atoms with E-state index in [2.05, 4.69) is 10.6 Å². The molecule has 1 fully saturated rings. The normalized spacial score (nSPS) is 21.0. The number of carbonyl (C=O) groups is 1. The lowest BCUT2D eigenvalue weighted by molar-refractivity contribution is 0.0978. The van der Waals surface area contributed by atoms with Crippen molar-refractivity contribution in [3.8, 4) is 0 Å². The zero-order valence-corrected chi connectivity index (χ0v) is 9.25. The zero-order valence-electron chi connectivity index (χ0n) is 9.25. The number of ether oxygens (including phenoxy) is 2. The van der Waals surface area contributed by atoms with Crippen molar-refractivity contribution in [1.29, 1.82) is 0 Å². The van der Waals surface area contributed by atoms with Crippen molar-refractivity contribution in [2.45, 2.75) is 25.3 Å². The number of hydrogen-bond donors (Lipinski definition) is 2. The summed E-state index contributed by atoms with van der Waals surface area (Å²) in [6.07, 6.45) is 3.23. The highest BCUT2D eigenvalue weighted by Crippen LogP contribution is 2.05. The third kappa shape index (κ3) is 5.59. The molecule has 0 aromatic carbocycles. The number of amides is 1. The Morgan fingerprint density at radius 2 is 2.33 bits per heavy atom. The van der Waals surface area contributed by atoms with Crippen LogP contribution in [-0.4, -0.2) is 45.5 Å². The number of methoxy groups -OCH3 is 1. The fraction of sp³-hybridized carbons (Fsp3) is 0.900. The van der Waals surface area contributed by atoms with Gasteiger partial charge in [-0.05, 0) is 19.4 Å². The highest BCUT2D eigenvalue weighted by Gasteiger charge is 2.13. The molecular weight excluding hydrogens is 196 g/mol. The molecule has 0 aliphatic carbocycles. The quantitative estimate of drug-likeness (QED) is 0.657. The van der Waals surface area contributed by atoms with Crippen LogP contribution < -0.4 is 10.6 Å². The van der Waals surface area contributed by atoms with E-state index in [1.165, 1.54) is 12.8 Å². The van der Waals surface area contributed by atoms with Crippen molar-refractivity contribution >= 4 is 6.09 Å². The van der Waals surface area contributed by atoms with Crippen molar-refractivity contribution < 1.29 is 14.3 Å². The van der Waals surface area contributed by atoms with Crippen molar-refractivity contribution in [2.24, 2.45) is 0 Å². The molecule has 1 rings (SSSR count). The van der Waals surface area contributed by atoms with Gasteiger partial charge in [0.05, 0.1) is 6.61 Å². The second kappa shape index (κ2) is 7.48. The summed E-state index contributed by atoms with van der Waals surface area (Å²) in [5.41, 5.74) is 0. The molecule has 0 aromatic heterocycles. The first-order chi connectivity index (χ1) is 7.33. The Morgan fingerprint density at radius 3 is 3.00 bits per heavy atom. The van der Waals surface area contributed by atoms with Crippen molar-refractivity contribution in [2.75, 3.05) is 33.4 Å². The average molecular weight is 216 g/mol. The second-order valence-corrected chi connectivity index (χ2v) is 3.66. The maximum atomic E-state index is 11.1. The van der Waals surface area contributed by atoms with Gasteiger partial charge in [-0.15, -0.1) is 0 Å². The van der Waals surface area contributed by atoms with E-state index >= 15 is 0 Å². The van der Waals surface area contributed by atoms with E-state index < -0.39 is 0 Å². The summed E-state index contributed by atoms with van der Waals surface area (Å²) in [5, 5.41) is 6.08. The third-order valence-corrected chi connectivity index (χ3v) is 2.43. The van der Waals surface area contributed by atoms with Gasteiger partial charge in [0.1, 0.15) is 6.61 Å². The van der Waals surface area contributed by atoms with Crippen LogP contribution in [0.4, 0.5) is 4.79 Å². The molecule has 88 valence electrons. The molecule has 0 bridgehead atoms. The van der Waals surface area contributed by atoms with Gasteiger partial charge >= 0.3 is 6.09 Å². The molecule has 15 heavy (non-hydrogen) atoms. The Labute approximate surface area is 90.5 Å². The lowest BCUT2D eigenvalue weighted by atomic mass is 10.1. The Kier molecular flexibility index (Phi) is 6.11. The maximum Gasteiger partial charge on any atom is 0.407 e. The Morgan fingerprint density at radius 1 is 1.47 bits per heavy atom. The van der Waals surface area contributed by atoms with Crippen LogP contribution in [0.3, 0.4) is 0 Å². The van der Waals surface area contributed by atoms with Crippen LogP contribution in [0.15, 0.2) is 0 Å². The topological polar surface area (TPSA) is 59.6 Å². The smallest absolute Gasteiger partial charge is 0.407 e. The molecule has 1 heterocycles. The lowest BCUT2D eigenvalue weighted by Crippen LogP contribution is -2.43. The number of carbonyl (C=O) groups excluding carboxylic acids is 1. The predicted molar refractivity (Wildman–Crippen MR) is 56.9 cm³/mol. The number of hydrogen-bond acceptors (Lipinski definition) is 4. The Bertz CT molecular complexity index is 182. The first kappa shape index (κ1) is 12.3. The van der Waals surface area contributed by atoms with Gasteiger partial charge in [0.15, 0.2) is 0 Å². The summed E-state index contributed by atoms with van der Waals surface area (Å²) in [4.78, 5) is 11.1. The molecule has 1 amide bonds. The van der Waals surface area contributed by atoms with Gasteiger partial charge in [0.2, 0.25) is 0 Å². The molecule has 5 nitrogen and oxygen atoms in total. The van der Waals surface area contributed by atoms with Crippen molar-refractivity contribution in [3.05, 3.63) is 0 Å². The molecule has 1 aliphatic rings. The van der Waals surface area contributed by atoms with Crippen LogP contribution in [0, 0.1) is 0 Å². The summed E-state index contributed by atoms with van der Waals surface area (Å²) in [6, 6.07) is 0.397. The summed E-state index contributed by atoms with van der Waals surface area (Å²) in [5.74, 6) is 0. The lowest BCUT2D eigenvalue weighted by Gasteiger charge is -2.23. The first-order valence-electron chi connectivity index (χ1n) is 5.46. The van der Waals surface area contributed by atoms with E-state index in [9.17, 15) is 4.79 Å². The number of piperidine rings is 1. The first-order valence-corrected chi connectivity index (χ1v) is 5.46. The molecule has 1 atom stereocenters. The average Bonchev–Trinajstić information content (AvgIpc) is 2.28. The van der Waals surface area contributed by atoms with Crippen molar-refractivity contribution in [1.82, 2.24) is 10.6 Å². The summed E-state index contributed by atoms with van der Waals surface area (Å²) < 4.78 is 9.64. The third-order valence-electron chi connectivity index (χ3n) is 2.43. The maximum absolute atomic E-state index is 11.1. The Hall–Kier alpha value is -0.810. The molecule has 0 saturated carbocycles. The monoisotopic (exact) mass is 216 g/mol. The van der Waals surface area contributed by atoms with E-state index in [-0.39, 0.29) is 6.09 Å². The SMILES string of the molecule is COCCOC(=O)NCC1CCCCN1. The minimum absolute atomic E-state index is 0.306. The molecular formula is C10H20N2O3. The standard InChI is InChI=1S/C10H20N2O3/c1-14-6-7-15-10(13)12-8-9-4-2-3-5-11-9/h9,11H,2-8H2,1H3,(H,12,13). The molecule has 1 saturated heterocycles. The van der Waals surface area contributed by atoms with Gasteiger partial charge in [-0.25, -0.2) is 4.79 Å². The highest BCUT2D eigenvalue weighted by atomic mass is 16.6. The molecule has 1 aliphatic heterocycles. The molecule has 5 heteroatoms. The predicted octanol–water partition coefficient (Wildman–Crippen LogP) is 0.501. The minimum Gasteiger partial charge on any atom is -0.447 e. The van der Waals surface area contributed by atoms with E-state index in [0.29, 0.717) is 25.8 Å². The van der Waals surface area contributed by atoms with Crippen LogP contribution in [0.1, 0.15) is 19.3 Å². The van der Waals surface area contributed by atoms with Gasteiger partial charge < -0.3 is 20.1 Å². The van der Waals surface area contributed by atoms with Crippen LogP contribution in [0.25, 0.3) is 0 Å². The van der Waals surface area contributed by atoms with Gasteiger partial charge in [-0.1, -0.05) is 6.42 Å². The summed E-state index contributed by atoms with van der Waals surface area (Å²) in [7, 11) is 1.58. The molecule has 0 spiro atoms.